The standard InChI is InChI=1S/C23H25ClN8/c1-29-13-16-11-17(24)3-4-19(16)32-21(14-29)27-28-22(32)15-6-9-31(10-7-15)23-26-18-12-25-8-5-20(18)30(23)2/h3-5,8,11-12,15H,6-7,9-10,13-14H2,1-2H3. The summed E-state index contributed by atoms with van der Waals surface area (Å²) in [6, 6.07) is 8.15. The highest BCUT2D eigenvalue weighted by Gasteiger charge is 2.30. The van der Waals surface area contributed by atoms with E-state index in [0.717, 1.165) is 78.4 Å². The zero-order valence-corrected chi connectivity index (χ0v) is 19.0. The van der Waals surface area contributed by atoms with Crippen LogP contribution in [0.4, 0.5) is 5.95 Å². The van der Waals surface area contributed by atoms with E-state index in [0.29, 0.717) is 5.92 Å². The molecule has 1 fully saturated rings. The predicted molar refractivity (Wildman–Crippen MR) is 124 cm³/mol. The zero-order chi connectivity index (χ0) is 21.8. The first-order valence-electron chi connectivity index (χ1n) is 11.0. The second-order valence-corrected chi connectivity index (χ2v) is 9.29. The maximum absolute atomic E-state index is 6.31. The normalized spacial score (nSPS) is 17.4. The van der Waals surface area contributed by atoms with Crippen molar-refractivity contribution in [1.82, 2.24) is 34.2 Å². The van der Waals surface area contributed by atoms with E-state index in [1.54, 1.807) is 0 Å². The van der Waals surface area contributed by atoms with E-state index in [1.807, 2.05) is 24.5 Å². The maximum atomic E-state index is 6.31. The lowest BCUT2D eigenvalue weighted by Gasteiger charge is -2.32. The van der Waals surface area contributed by atoms with Gasteiger partial charge in [0.05, 0.1) is 23.9 Å². The molecular weight excluding hydrogens is 424 g/mol. The fourth-order valence-electron chi connectivity index (χ4n) is 5.11. The predicted octanol–water partition coefficient (Wildman–Crippen LogP) is 3.53. The van der Waals surface area contributed by atoms with E-state index in [1.165, 1.54) is 5.56 Å². The number of halogens is 1. The number of aromatic nitrogens is 6. The number of hydrogen-bond acceptors (Lipinski definition) is 6. The van der Waals surface area contributed by atoms with Gasteiger partial charge < -0.3 is 9.47 Å². The van der Waals surface area contributed by atoms with Crippen LogP contribution in [0, 0.1) is 0 Å². The quantitative estimate of drug-likeness (QED) is 0.467. The Morgan fingerprint density at radius 3 is 2.69 bits per heavy atom. The molecule has 0 amide bonds. The van der Waals surface area contributed by atoms with Crippen molar-refractivity contribution in [3.8, 4) is 5.69 Å². The van der Waals surface area contributed by atoms with E-state index in [2.05, 4.69) is 60.3 Å². The number of imidazole rings is 1. The lowest BCUT2D eigenvalue weighted by atomic mass is 9.95. The van der Waals surface area contributed by atoms with Crippen molar-refractivity contribution in [2.45, 2.75) is 31.8 Å². The molecule has 9 heteroatoms. The van der Waals surface area contributed by atoms with E-state index < -0.39 is 0 Å². The van der Waals surface area contributed by atoms with Gasteiger partial charge in [-0.25, -0.2) is 4.98 Å². The van der Waals surface area contributed by atoms with E-state index in [-0.39, 0.29) is 0 Å². The molecule has 5 heterocycles. The molecule has 2 aliphatic rings. The zero-order valence-electron chi connectivity index (χ0n) is 18.2. The van der Waals surface area contributed by atoms with Gasteiger partial charge in [-0.3, -0.25) is 14.5 Å². The van der Waals surface area contributed by atoms with Crippen LogP contribution in [0.3, 0.4) is 0 Å². The molecule has 32 heavy (non-hydrogen) atoms. The molecule has 0 aliphatic carbocycles. The van der Waals surface area contributed by atoms with Gasteiger partial charge in [-0.15, -0.1) is 10.2 Å². The topological polar surface area (TPSA) is 67.9 Å². The number of pyridine rings is 1. The van der Waals surface area contributed by atoms with Gasteiger partial charge >= 0.3 is 0 Å². The number of anilines is 1. The van der Waals surface area contributed by atoms with E-state index in [4.69, 9.17) is 16.6 Å². The first-order chi connectivity index (χ1) is 15.6. The largest absolute Gasteiger partial charge is 0.342 e. The monoisotopic (exact) mass is 448 g/mol. The van der Waals surface area contributed by atoms with Gasteiger partial charge in [0, 0.05) is 43.8 Å². The molecule has 0 N–H and O–H groups in total. The van der Waals surface area contributed by atoms with Gasteiger partial charge in [-0.1, -0.05) is 11.6 Å². The molecular formula is C23H25ClN8. The summed E-state index contributed by atoms with van der Waals surface area (Å²) >= 11 is 6.31. The van der Waals surface area contributed by atoms with Crippen LogP contribution in [0.2, 0.25) is 5.02 Å². The van der Waals surface area contributed by atoms with Crippen LogP contribution in [0.25, 0.3) is 16.7 Å². The Kier molecular flexibility index (Phi) is 4.66. The minimum absolute atomic E-state index is 0.357. The molecule has 164 valence electrons. The van der Waals surface area contributed by atoms with Crippen molar-refractivity contribution >= 4 is 28.6 Å². The van der Waals surface area contributed by atoms with Crippen molar-refractivity contribution in [3.63, 3.8) is 0 Å². The second-order valence-electron chi connectivity index (χ2n) is 8.85. The van der Waals surface area contributed by atoms with Crippen LogP contribution in [-0.4, -0.2) is 54.3 Å². The van der Waals surface area contributed by atoms with Crippen molar-refractivity contribution in [3.05, 3.63) is 58.9 Å². The summed E-state index contributed by atoms with van der Waals surface area (Å²) in [6.07, 6.45) is 5.67. The summed E-state index contributed by atoms with van der Waals surface area (Å²) < 4.78 is 4.44. The van der Waals surface area contributed by atoms with E-state index in [9.17, 15) is 0 Å². The minimum atomic E-state index is 0.357. The molecule has 0 atom stereocenters. The Hall–Kier alpha value is -2.97. The summed E-state index contributed by atoms with van der Waals surface area (Å²) in [6.45, 7) is 3.49. The Morgan fingerprint density at radius 1 is 1.03 bits per heavy atom. The minimum Gasteiger partial charge on any atom is -0.342 e. The molecule has 8 nitrogen and oxygen atoms in total. The average Bonchev–Trinajstić information content (AvgIpc) is 3.31. The fourth-order valence-corrected chi connectivity index (χ4v) is 5.30. The molecule has 6 rings (SSSR count). The number of piperidine rings is 1. The number of rotatable bonds is 2. The fraction of sp³-hybridized carbons (Fsp3) is 0.391. The molecule has 0 unspecified atom stereocenters. The van der Waals surface area contributed by atoms with Crippen LogP contribution in [0.1, 0.15) is 36.0 Å². The van der Waals surface area contributed by atoms with Gasteiger partial charge in [-0.2, -0.15) is 0 Å². The lowest BCUT2D eigenvalue weighted by Crippen LogP contribution is -2.35. The highest BCUT2D eigenvalue weighted by Crippen LogP contribution is 2.34. The smallest absolute Gasteiger partial charge is 0.206 e. The average molecular weight is 449 g/mol. The molecule has 4 aromatic rings. The van der Waals surface area contributed by atoms with Crippen molar-refractivity contribution in [2.24, 2.45) is 7.05 Å². The highest BCUT2D eigenvalue weighted by atomic mass is 35.5. The van der Waals surface area contributed by atoms with Gasteiger partial charge in [-0.05, 0) is 49.7 Å². The number of benzene rings is 1. The Morgan fingerprint density at radius 2 is 1.88 bits per heavy atom. The Bertz CT molecular complexity index is 1300. The first-order valence-corrected chi connectivity index (χ1v) is 11.4. The third-order valence-corrected chi connectivity index (χ3v) is 6.93. The summed E-state index contributed by atoms with van der Waals surface area (Å²) in [7, 11) is 4.19. The third-order valence-electron chi connectivity index (χ3n) is 6.69. The maximum Gasteiger partial charge on any atom is 0.206 e. The molecule has 0 radical (unpaired) electrons. The number of aryl methyl sites for hydroxylation is 1. The van der Waals surface area contributed by atoms with Crippen LogP contribution < -0.4 is 4.90 Å². The summed E-state index contributed by atoms with van der Waals surface area (Å²) in [4.78, 5) is 13.7. The van der Waals surface area contributed by atoms with Crippen molar-refractivity contribution in [1.29, 1.82) is 0 Å². The highest BCUT2D eigenvalue weighted by molar-refractivity contribution is 6.30. The first kappa shape index (κ1) is 19.7. The number of fused-ring (bicyclic) bond motifs is 4. The molecule has 0 saturated carbocycles. The molecule has 3 aromatic heterocycles. The molecule has 1 saturated heterocycles. The van der Waals surface area contributed by atoms with Crippen molar-refractivity contribution in [2.75, 3.05) is 25.0 Å². The molecule has 0 bridgehead atoms. The Labute approximate surface area is 191 Å². The second kappa shape index (κ2) is 7.56. The molecule has 0 spiro atoms. The van der Waals surface area contributed by atoms with Gasteiger partial charge in [0.15, 0.2) is 5.82 Å². The molecule has 2 aliphatic heterocycles. The van der Waals surface area contributed by atoms with Gasteiger partial charge in [0.25, 0.3) is 0 Å². The van der Waals surface area contributed by atoms with Gasteiger partial charge in [0.1, 0.15) is 11.3 Å². The lowest BCUT2D eigenvalue weighted by molar-refractivity contribution is 0.315. The third kappa shape index (κ3) is 3.17. The summed E-state index contributed by atoms with van der Waals surface area (Å²) in [5, 5.41) is 10.0. The van der Waals surface area contributed by atoms with Crippen LogP contribution in [0.5, 0.6) is 0 Å². The van der Waals surface area contributed by atoms with Crippen LogP contribution in [-0.2, 0) is 20.1 Å². The molecule has 1 aromatic carbocycles. The van der Waals surface area contributed by atoms with Crippen LogP contribution >= 0.6 is 11.6 Å². The number of nitrogens with zero attached hydrogens (tertiary/aromatic N) is 8. The van der Waals surface area contributed by atoms with Crippen LogP contribution in [0.15, 0.2) is 36.7 Å². The summed E-state index contributed by atoms with van der Waals surface area (Å²) in [5.41, 5.74) is 4.41. The number of hydrogen-bond donors (Lipinski definition) is 0. The van der Waals surface area contributed by atoms with Gasteiger partial charge in [0.2, 0.25) is 5.95 Å². The van der Waals surface area contributed by atoms with E-state index >= 15 is 0 Å². The Balaban J connectivity index is 1.30. The van der Waals surface area contributed by atoms with Crippen molar-refractivity contribution < 1.29 is 0 Å². The SMILES string of the molecule is CN1Cc2cc(Cl)ccc2-n2c(nnc2C2CCN(c3nc4cnccc4n3C)CC2)C1. The summed E-state index contributed by atoms with van der Waals surface area (Å²) in [5.74, 6) is 3.42.